The number of aliphatic imine (C=N–C) groups is 1. The largest absolute Gasteiger partial charge is 0.439 e. The monoisotopic (exact) mass is 216 g/mol. The van der Waals surface area contributed by atoms with E-state index in [1.54, 1.807) is 24.3 Å². The van der Waals surface area contributed by atoms with Crippen LogP contribution in [0.4, 0.5) is 10.1 Å². The Hall–Kier alpha value is -2.23. The summed E-state index contributed by atoms with van der Waals surface area (Å²) in [4.78, 5) is 7.63. The lowest BCUT2D eigenvalue weighted by molar-refractivity contribution is 0.456. The number of hydrogen-bond donors (Lipinski definition) is 0. The third-order valence-electron chi connectivity index (χ3n) is 1.94. The fourth-order valence-electron chi connectivity index (χ4n) is 1.18. The number of aromatic nitrogens is 1. The van der Waals surface area contributed by atoms with Crippen LogP contribution in [0.15, 0.2) is 47.6 Å². The van der Waals surface area contributed by atoms with E-state index in [9.17, 15) is 4.39 Å². The van der Waals surface area contributed by atoms with Crippen LogP contribution in [0.5, 0.6) is 11.6 Å². The second-order valence-electron chi connectivity index (χ2n) is 3.07. The second kappa shape index (κ2) is 4.53. The van der Waals surface area contributed by atoms with Crippen LogP contribution in [0.25, 0.3) is 0 Å². The number of ether oxygens (including phenoxy) is 1. The molecule has 1 aromatic carbocycles. The van der Waals surface area contributed by atoms with Crippen molar-refractivity contribution < 1.29 is 9.13 Å². The molecule has 16 heavy (non-hydrogen) atoms. The highest BCUT2D eigenvalue weighted by atomic mass is 19.1. The summed E-state index contributed by atoms with van der Waals surface area (Å²) in [5.41, 5.74) is 0.750. The van der Waals surface area contributed by atoms with Gasteiger partial charge in [-0.1, -0.05) is 0 Å². The molecule has 0 unspecified atom stereocenters. The minimum absolute atomic E-state index is 0.222. The zero-order valence-corrected chi connectivity index (χ0v) is 8.43. The first-order valence-corrected chi connectivity index (χ1v) is 4.64. The summed E-state index contributed by atoms with van der Waals surface area (Å²) in [6.45, 7) is 3.40. The minimum atomic E-state index is -0.380. The van der Waals surface area contributed by atoms with Crippen LogP contribution in [0.3, 0.4) is 0 Å². The van der Waals surface area contributed by atoms with Crippen LogP contribution in [0, 0.1) is 5.82 Å². The van der Waals surface area contributed by atoms with Crippen LogP contribution in [0.1, 0.15) is 0 Å². The van der Waals surface area contributed by atoms with Gasteiger partial charge >= 0.3 is 0 Å². The van der Waals surface area contributed by atoms with Crippen molar-refractivity contribution in [1.29, 1.82) is 0 Å². The van der Waals surface area contributed by atoms with Gasteiger partial charge in [-0.15, -0.1) is 0 Å². The molecule has 1 aromatic heterocycles. The molecule has 2 rings (SSSR count). The van der Waals surface area contributed by atoms with Crippen molar-refractivity contribution in [2.75, 3.05) is 0 Å². The SMILES string of the molecule is C=Nc1ccc(Oc2cc(F)ccn2)cc1. The lowest BCUT2D eigenvalue weighted by Gasteiger charge is -2.04. The highest BCUT2D eigenvalue weighted by molar-refractivity contribution is 5.47. The molecular weight excluding hydrogens is 207 g/mol. The van der Waals surface area contributed by atoms with E-state index < -0.39 is 0 Å². The van der Waals surface area contributed by atoms with Crippen LogP contribution in [-0.2, 0) is 0 Å². The van der Waals surface area contributed by atoms with Gasteiger partial charge in [0.1, 0.15) is 11.6 Å². The van der Waals surface area contributed by atoms with Gasteiger partial charge in [0, 0.05) is 12.3 Å². The zero-order valence-electron chi connectivity index (χ0n) is 8.43. The van der Waals surface area contributed by atoms with E-state index in [2.05, 4.69) is 16.7 Å². The quantitative estimate of drug-likeness (QED) is 0.737. The van der Waals surface area contributed by atoms with Gasteiger partial charge in [-0.25, -0.2) is 9.37 Å². The van der Waals surface area contributed by atoms with Gasteiger partial charge < -0.3 is 4.74 Å². The topological polar surface area (TPSA) is 34.5 Å². The van der Waals surface area contributed by atoms with E-state index in [1.165, 1.54) is 18.3 Å². The van der Waals surface area contributed by atoms with Crippen LogP contribution in [-0.4, -0.2) is 11.7 Å². The number of halogens is 1. The third kappa shape index (κ3) is 2.42. The third-order valence-corrected chi connectivity index (χ3v) is 1.94. The molecule has 0 saturated carbocycles. The molecule has 0 aliphatic rings. The Kier molecular flexibility index (Phi) is 2.91. The number of nitrogens with zero attached hydrogens (tertiary/aromatic N) is 2. The van der Waals surface area contributed by atoms with Crippen molar-refractivity contribution in [1.82, 2.24) is 4.98 Å². The molecule has 0 atom stereocenters. The molecule has 0 fully saturated rings. The summed E-state index contributed by atoms with van der Waals surface area (Å²) < 4.78 is 18.2. The first-order chi connectivity index (χ1) is 7.78. The molecule has 0 N–H and O–H groups in total. The van der Waals surface area contributed by atoms with Gasteiger partial charge in [-0.05, 0) is 37.0 Å². The van der Waals surface area contributed by atoms with Crippen molar-refractivity contribution in [2.45, 2.75) is 0 Å². The van der Waals surface area contributed by atoms with Crippen LogP contribution >= 0.6 is 0 Å². The molecule has 0 radical (unpaired) electrons. The van der Waals surface area contributed by atoms with Crippen molar-refractivity contribution >= 4 is 12.4 Å². The Morgan fingerprint density at radius 3 is 2.56 bits per heavy atom. The predicted octanol–water partition coefficient (Wildman–Crippen LogP) is 3.35. The van der Waals surface area contributed by atoms with E-state index >= 15 is 0 Å². The van der Waals surface area contributed by atoms with Gasteiger partial charge in [0.2, 0.25) is 5.88 Å². The molecule has 80 valence electrons. The molecule has 4 heteroatoms. The molecule has 0 aliphatic carbocycles. The van der Waals surface area contributed by atoms with Crippen molar-refractivity contribution in [3.8, 4) is 11.6 Å². The lowest BCUT2D eigenvalue weighted by atomic mass is 10.3. The average Bonchev–Trinajstić information content (AvgIpc) is 2.30. The van der Waals surface area contributed by atoms with E-state index in [-0.39, 0.29) is 11.7 Å². The fraction of sp³-hybridized carbons (Fsp3) is 0. The van der Waals surface area contributed by atoms with E-state index in [0.717, 1.165) is 5.69 Å². The lowest BCUT2D eigenvalue weighted by Crippen LogP contribution is -1.87. The molecule has 1 heterocycles. The van der Waals surface area contributed by atoms with Crippen molar-refractivity contribution in [3.05, 3.63) is 48.4 Å². The number of pyridine rings is 1. The summed E-state index contributed by atoms with van der Waals surface area (Å²) in [5.74, 6) is 0.416. The Balaban J connectivity index is 2.17. The first-order valence-electron chi connectivity index (χ1n) is 4.64. The van der Waals surface area contributed by atoms with Gasteiger partial charge in [-0.2, -0.15) is 0 Å². The van der Waals surface area contributed by atoms with Gasteiger partial charge in [0.25, 0.3) is 0 Å². The molecule has 3 nitrogen and oxygen atoms in total. The van der Waals surface area contributed by atoms with E-state index in [1.807, 2.05) is 0 Å². The summed E-state index contributed by atoms with van der Waals surface area (Å²) in [6.07, 6.45) is 1.35. The van der Waals surface area contributed by atoms with Gasteiger partial charge in [0.15, 0.2) is 0 Å². The Labute approximate surface area is 92.2 Å². The van der Waals surface area contributed by atoms with Crippen molar-refractivity contribution in [2.24, 2.45) is 4.99 Å². The predicted molar refractivity (Wildman–Crippen MR) is 59.9 cm³/mol. The molecule has 0 bridgehead atoms. The highest BCUT2D eigenvalue weighted by Gasteiger charge is 1.99. The molecule has 0 aliphatic heterocycles. The fourth-order valence-corrected chi connectivity index (χ4v) is 1.18. The molecular formula is C12H9FN2O. The Morgan fingerprint density at radius 2 is 1.94 bits per heavy atom. The Bertz CT molecular complexity index is 497. The highest BCUT2D eigenvalue weighted by Crippen LogP contribution is 2.22. The van der Waals surface area contributed by atoms with Crippen LogP contribution in [0.2, 0.25) is 0 Å². The average molecular weight is 216 g/mol. The minimum Gasteiger partial charge on any atom is -0.439 e. The first kappa shape index (κ1) is 10.3. The Morgan fingerprint density at radius 1 is 1.19 bits per heavy atom. The van der Waals surface area contributed by atoms with Crippen LogP contribution < -0.4 is 4.74 Å². The normalized spacial score (nSPS) is 9.81. The van der Waals surface area contributed by atoms with Gasteiger partial charge in [0.05, 0.1) is 5.69 Å². The van der Waals surface area contributed by atoms with Crippen molar-refractivity contribution in [3.63, 3.8) is 0 Å². The maximum atomic E-state index is 12.8. The van der Waals surface area contributed by atoms with E-state index in [0.29, 0.717) is 5.75 Å². The van der Waals surface area contributed by atoms with Gasteiger partial charge in [-0.3, -0.25) is 4.99 Å². The number of benzene rings is 1. The molecule has 0 amide bonds. The standard InChI is InChI=1S/C12H9FN2O/c1-14-10-2-4-11(5-3-10)16-12-8-9(13)6-7-15-12/h2-8H,1H2. The second-order valence-corrected chi connectivity index (χ2v) is 3.07. The smallest absolute Gasteiger partial charge is 0.222 e. The molecule has 0 saturated heterocycles. The zero-order chi connectivity index (χ0) is 11.4. The maximum absolute atomic E-state index is 12.8. The molecule has 2 aromatic rings. The molecule has 0 spiro atoms. The van der Waals surface area contributed by atoms with E-state index in [4.69, 9.17) is 4.74 Å². The summed E-state index contributed by atoms with van der Waals surface area (Å²) in [5, 5.41) is 0. The summed E-state index contributed by atoms with van der Waals surface area (Å²) >= 11 is 0. The summed E-state index contributed by atoms with van der Waals surface area (Å²) in [7, 11) is 0. The number of hydrogen-bond acceptors (Lipinski definition) is 3. The summed E-state index contributed by atoms with van der Waals surface area (Å²) in [6, 6.07) is 9.42. The maximum Gasteiger partial charge on any atom is 0.222 e. The number of rotatable bonds is 3.